The van der Waals surface area contributed by atoms with Crippen molar-refractivity contribution in [2.75, 3.05) is 0 Å². The van der Waals surface area contributed by atoms with Crippen molar-refractivity contribution in [2.45, 2.75) is 39.7 Å². The third kappa shape index (κ3) is 2.82. The highest BCUT2D eigenvalue weighted by Gasteiger charge is 2.12. The van der Waals surface area contributed by atoms with Crippen molar-refractivity contribution in [1.29, 1.82) is 0 Å². The maximum absolute atomic E-state index is 9.57. The molecule has 0 aliphatic carbocycles. The van der Waals surface area contributed by atoms with E-state index in [2.05, 4.69) is 25.0 Å². The molecule has 2 aromatic rings. The Bertz CT molecular complexity index is 576. The molecule has 0 bridgehead atoms. The van der Waals surface area contributed by atoms with Crippen LogP contribution in [0.3, 0.4) is 0 Å². The van der Waals surface area contributed by atoms with Crippen molar-refractivity contribution in [3.8, 4) is 5.69 Å². The number of hydrogen-bond acceptors (Lipinski definition) is 2. The fourth-order valence-corrected chi connectivity index (χ4v) is 2.33. The summed E-state index contributed by atoms with van der Waals surface area (Å²) in [5.41, 5.74) is 3.88. The number of halogens is 1. The highest BCUT2D eigenvalue weighted by atomic mass is 35.5. The second-order valence-corrected chi connectivity index (χ2v) is 5.04. The zero-order valence-electron chi connectivity index (χ0n) is 11.5. The van der Waals surface area contributed by atoms with Gasteiger partial charge < -0.3 is 5.11 Å². The molecule has 1 N–H and O–H groups in total. The average Bonchev–Trinajstić information content (AvgIpc) is 2.81. The van der Waals surface area contributed by atoms with Crippen LogP contribution >= 0.6 is 11.6 Å². The second-order valence-electron chi connectivity index (χ2n) is 4.63. The standard InChI is InChI=1S/C15H19ClN2O/c1-4-12-9-13(5-2)18(17-12)15-7-6-11(10(3)19)8-14(15)16/h6-10,19H,4-5H2,1-3H3. The SMILES string of the molecule is CCc1cc(CC)n(-c2ccc(C(C)O)cc2Cl)n1. The number of hydrogen-bond donors (Lipinski definition) is 1. The molecule has 0 spiro atoms. The van der Waals surface area contributed by atoms with E-state index in [1.54, 1.807) is 13.0 Å². The molecular formula is C15H19ClN2O. The van der Waals surface area contributed by atoms with Gasteiger partial charge in [-0.05, 0) is 43.5 Å². The third-order valence-electron chi connectivity index (χ3n) is 3.24. The van der Waals surface area contributed by atoms with Gasteiger partial charge in [-0.3, -0.25) is 0 Å². The van der Waals surface area contributed by atoms with Crippen LogP contribution in [0.25, 0.3) is 5.69 Å². The van der Waals surface area contributed by atoms with Gasteiger partial charge in [-0.25, -0.2) is 4.68 Å². The van der Waals surface area contributed by atoms with E-state index < -0.39 is 6.10 Å². The Kier molecular flexibility index (Phi) is 4.27. The quantitative estimate of drug-likeness (QED) is 0.926. The van der Waals surface area contributed by atoms with Crippen LogP contribution in [0.4, 0.5) is 0 Å². The summed E-state index contributed by atoms with van der Waals surface area (Å²) < 4.78 is 1.90. The maximum Gasteiger partial charge on any atom is 0.0835 e. The monoisotopic (exact) mass is 278 g/mol. The number of rotatable bonds is 4. The molecule has 0 saturated heterocycles. The lowest BCUT2D eigenvalue weighted by molar-refractivity contribution is 0.199. The van der Waals surface area contributed by atoms with E-state index in [9.17, 15) is 5.11 Å². The lowest BCUT2D eigenvalue weighted by Crippen LogP contribution is -2.03. The van der Waals surface area contributed by atoms with E-state index in [0.29, 0.717) is 5.02 Å². The Balaban J connectivity index is 2.49. The van der Waals surface area contributed by atoms with Crippen LogP contribution in [0.2, 0.25) is 5.02 Å². The molecule has 0 radical (unpaired) electrons. The first-order valence-electron chi connectivity index (χ1n) is 6.62. The number of aliphatic hydroxyl groups is 1. The van der Waals surface area contributed by atoms with Crippen LogP contribution in [0.1, 0.15) is 43.8 Å². The average molecular weight is 279 g/mol. The molecule has 0 aliphatic heterocycles. The van der Waals surface area contributed by atoms with E-state index in [-0.39, 0.29) is 0 Å². The van der Waals surface area contributed by atoms with Gasteiger partial charge in [0.2, 0.25) is 0 Å². The summed E-state index contributed by atoms with van der Waals surface area (Å²) in [6.07, 6.45) is 1.30. The van der Waals surface area contributed by atoms with Gasteiger partial charge in [0.15, 0.2) is 0 Å². The normalized spacial score (nSPS) is 12.7. The number of aliphatic hydroxyl groups excluding tert-OH is 1. The van der Waals surface area contributed by atoms with Crippen LogP contribution in [0, 0.1) is 0 Å². The zero-order chi connectivity index (χ0) is 14.0. The second kappa shape index (κ2) is 5.76. The molecular weight excluding hydrogens is 260 g/mol. The number of nitrogens with zero attached hydrogens (tertiary/aromatic N) is 2. The van der Waals surface area contributed by atoms with Crippen molar-refractivity contribution >= 4 is 11.6 Å². The first-order chi connectivity index (χ1) is 9.06. The number of aromatic nitrogens is 2. The number of benzene rings is 1. The lowest BCUT2D eigenvalue weighted by atomic mass is 10.1. The first kappa shape index (κ1) is 14.1. The third-order valence-corrected chi connectivity index (χ3v) is 3.54. The number of aryl methyl sites for hydroxylation is 2. The van der Waals surface area contributed by atoms with Crippen molar-refractivity contribution < 1.29 is 5.11 Å². The van der Waals surface area contributed by atoms with Gasteiger partial charge in [-0.1, -0.05) is 31.5 Å². The van der Waals surface area contributed by atoms with Crippen LogP contribution in [-0.2, 0) is 12.8 Å². The summed E-state index contributed by atoms with van der Waals surface area (Å²) in [6, 6.07) is 7.71. The molecule has 1 unspecified atom stereocenters. The molecule has 0 amide bonds. The van der Waals surface area contributed by atoms with Gasteiger partial charge >= 0.3 is 0 Å². The Labute approximate surface area is 118 Å². The Morgan fingerprint density at radius 2 is 2.00 bits per heavy atom. The molecule has 4 heteroatoms. The summed E-state index contributed by atoms with van der Waals surface area (Å²) >= 11 is 6.32. The molecule has 2 rings (SSSR count). The van der Waals surface area contributed by atoms with Crippen molar-refractivity contribution in [2.24, 2.45) is 0 Å². The predicted molar refractivity (Wildman–Crippen MR) is 78.0 cm³/mol. The fraction of sp³-hybridized carbons (Fsp3) is 0.400. The minimum Gasteiger partial charge on any atom is -0.389 e. The minimum absolute atomic E-state index is 0.513. The van der Waals surface area contributed by atoms with E-state index in [4.69, 9.17) is 11.6 Å². The van der Waals surface area contributed by atoms with E-state index in [1.807, 2.05) is 16.8 Å². The van der Waals surface area contributed by atoms with Crippen LogP contribution in [0.15, 0.2) is 24.3 Å². The smallest absolute Gasteiger partial charge is 0.0835 e. The predicted octanol–water partition coefficient (Wildman–Crippen LogP) is 3.70. The van der Waals surface area contributed by atoms with Gasteiger partial charge in [0.1, 0.15) is 0 Å². The van der Waals surface area contributed by atoms with E-state index in [1.165, 1.54) is 0 Å². The van der Waals surface area contributed by atoms with Gasteiger partial charge in [0, 0.05) is 5.69 Å². The summed E-state index contributed by atoms with van der Waals surface area (Å²) in [6.45, 7) is 5.92. The summed E-state index contributed by atoms with van der Waals surface area (Å²) in [4.78, 5) is 0. The molecule has 19 heavy (non-hydrogen) atoms. The Hall–Kier alpha value is -1.32. The van der Waals surface area contributed by atoms with Gasteiger partial charge in [0.25, 0.3) is 0 Å². The Morgan fingerprint density at radius 3 is 2.53 bits per heavy atom. The summed E-state index contributed by atoms with van der Waals surface area (Å²) in [5, 5.41) is 14.8. The lowest BCUT2D eigenvalue weighted by Gasteiger charge is -2.11. The minimum atomic E-state index is -0.513. The fourth-order valence-electron chi connectivity index (χ4n) is 2.06. The molecule has 0 saturated carbocycles. The van der Waals surface area contributed by atoms with Gasteiger partial charge in [-0.2, -0.15) is 5.10 Å². The van der Waals surface area contributed by atoms with Crippen molar-refractivity contribution in [1.82, 2.24) is 9.78 Å². The molecule has 1 aromatic carbocycles. The first-order valence-corrected chi connectivity index (χ1v) is 7.00. The highest BCUT2D eigenvalue weighted by Crippen LogP contribution is 2.26. The van der Waals surface area contributed by atoms with Crippen LogP contribution in [0.5, 0.6) is 0 Å². The van der Waals surface area contributed by atoms with Crippen molar-refractivity contribution in [3.63, 3.8) is 0 Å². The van der Waals surface area contributed by atoms with E-state index in [0.717, 1.165) is 35.5 Å². The zero-order valence-corrected chi connectivity index (χ0v) is 12.3. The molecule has 3 nitrogen and oxygen atoms in total. The van der Waals surface area contributed by atoms with Crippen molar-refractivity contribution in [3.05, 3.63) is 46.2 Å². The van der Waals surface area contributed by atoms with Gasteiger partial charge in [0.05, 0.1) is 22.5 Å². The highest BCUT2D eigenvalue weighted by molar-refractivity contribution is 6.32. The molecule has 1 aromatic heterocycles. The molecule has 0 aliphatic rings. The van der Waals surface area contributed by atoms with Crippen LogP contribution in [-0.4, -0.2) is 14.9 Å². The topological polar surface area (TPSA) is 38.0 Å². The Morgan fingerprint density at radius 1 is 1.26 bits per heavy atom. The summed E-state index contributed by atoms with van der Waals surface area (Å²) in [7, 11) is 0. The van der Waals surface area contributed by atoms with E-state index >= 15 is 0 Å². The summed E-state index contributed by atoms with van der Waals surface area (Å²) in [5.74, 6) is 0. The van der Waals surface area contributed by atoms with Crippen LogP contribution < -0.4 is 0 Å². The molecule has 1 heterocycles. The maximum atomic E-state index is 9.57. The molecule has 0 fully saturated rings. The molecule has 1 atom stereocenters. The molecule has 102 valence electrons. The largest absolute Gasteiger partial charge is 0.389 e. The van der Waals surface area contributed by atoms with Gasteiger partial charge in [-0.15, -0.1) is 0 Å².